The topological polar surface area (TPSA) is 59.6 Å². The first kappa shape index (κ1) is 15.6. The summed E-state index contributed by atoms with van der Waals surface area (Å²) in [6, 6.07) is 6.18. The number of rotatable bonds is 3. The molecule has 2 rings (SSSR count). The van der Waals surface area contributed by atoms with Gasteiger partial charge < -0.3 is 9.47 Å². The molecule has 116 valence electrons. The molecule has 1 amide bonds. The highest BCUT2D eigenvalue weighted by atomic mass is 16.6. The van der Waals surface area contributed by atoms with Gasteiger partial charge in [0, 0.05) is 0 Å². The van der Waals surface area contributed by atoms with Crippen molar-refractivity contribution in [2.75, 3.05) is 7.11 Å². The third kappa shape index (κ3) is 4.36. The second kappa shape index (κ2) is 6.35. The zero-order chi connectivity index (χ0) is 15.5. The van der Waals surface area contributed by atoms with Crippen LogP contribution in [0.3, 0.4) is 0 Å². The highest BCUT2D eigenvalue weighted by Crippen LogP contribution is 2.31. The third-order valence-electron chi connectivity index (χ3n) is 3.41. The van der Waals surface area contributed by atoms with E-state index in [4.69, 9.17) is 9.47 Å². The summed E-state index contributed by atoms with van der Waals surface area (Å²) in [6.45, 7) is 5.53. The Morgan fingerprint density at radius 2 is 2.10 bits per heavy atom. The van der Waals surface area contributed by atoms with Gasteiger partial charge in [0.2, 0.25) is 0 Å². The van der Waals surface area contributed by atoms with Crippen LogP contribution in [0.15, 0.2) is 18.2 Å². The molecular formula is C16H24N2O3. The summed E-state index contributed by atoms with van der Waals surface area (Å²) >= 11 is 0. The van der Waals surface area contributed by atoms with Gasteiger partial charge in [-0.15, -0.1) is 0 Å². The number of hydrogen-bond acceptors (Lipinski definition) is 4. The van der Waals surface area contributed by atoms with Crippen LogP contribution in [0.1, 0.15) is 50.8 Å². The normalized spacial score (nSPS) is 17.8. The zero-order valence-electron chi connectivity index (χ0n) is 13.2. The molecule has 5 nitrogen and oxygen atoms in total. The summed E-state index contributed by atoms with van der Waals surface area (Å²) in [7, 11) is 1.67. The maximum atomic E-state index is 11.7. The first-order valence-electron chi connectivity index (χ1n) is 7.30. The van der Waals surface area contributed by atoms with E-state index in [2.05, 4.69) is 23.0 Å². The van der Waals surface area contributed by atoms with Gasteiger partial charge in [0.1, 0.15) is 11.4 Å². The smallest absolute Gasteiger partial charge is 0.422 e. The molecule has 0 saturated heterocycles. The summed E-state index contributed by atoms with van der Waals surface area (Å²) in [5.74, 6) is 0.870. The Kier molecular flexibility index (Phi) is 4.73. The van der Waals surface area contributed by atoms with Crippen molar-refractivity contribution in [2.45, 2.75) is 51.7 Å². The SMILES string of the molecule is COc1ccc2c(c1)CCCC2NNC(=O)OC(C)(C)C. The minimum atomic E-state index is -0.496. The minimum absolute atomic E-state index is 0.104. The number of nitrogens with one attached hydrogen (secondary N) is 2. The minimum Gasteiger partial charge on any atom is -0.497 e. The third-order valence-corrected chi connectivity index (χ3v) is 3.41. The van der Waals surface area contributed by atoms with E-state index < -0.39 is 11.7 Å². The molecule has 21 heavy (non-hydrogen) atoms. The Morgan fingerprint density at radius 1 is 1.33 bits per heavy atom. The van der Waals surface area contributed by atoms with E-state index in [0.717, 1.165) is 25.0 Å². The molecule has 1 aliphatic rings. The van der Waals surface area contributed by atoms with Crippen molar-refractivity contribution in [3.8, 4) is 5.75 Å². The van der Waals surface area contributed by atoms with Crippen molar-refractivity contribution in [2.24, 2.45) is 0 Å². The number of amides is 1. The largest absolute Gasteiger partial charge is 0.497 e. The standard InChI is InChI=1S/C16H24N2O3/c1-16(2,3)21-15(19)18-17-14-7-5-6-11-10-12(20-4)8-9-13(11)14/h8-10,14,17H,5-7H2,1-4H3,(H,18,19). The number of fused-ring (bicyclic) bond motifs is 1. The highest BCUT2D eigenvalue weighted by Gasteiger charge is 2.22. The second-order valence-corrected chi connectivity index (χ2v) is 6.28. The van der Waals surface area contributed by atoms with E-state index in [9.17, 15) is 4.79 Å². The molecule has 1 aromatic rings. The molecule has 0 saturated carbocycles. The quantitative estimate of drug-likeness (QED) is 0.840. The molecule has 0 radical (unpaired) electrons. The van der Waals surface area contributed by atoms with Gasteiger partial charge in [-0.3, -0.25) is 5.43 Å². The molecule has 2 N–H and O–H groups in total. The van der Waals surface area contributed by atoms with E-state index in [1.165, 1.54) is 11.1 Å². The maximum absolute atomic E-state index is 11.7. The fourth-order valence-electron chi connectivity index (χ4n) is 2.52. The van der Waals surface area contributed by atoms with Crippen LogP contribution in [0.2, 0.25) is 0 Å². The lowest BCUT2D eigenvalue weighted by atomic mass is 9.88. The lowest BCUT2D eigenvalue weighted by Crippen LogP contribution is -2.43. The first-order chi connectivity index (χ1) is 9.89. The van der Waals surface area contributed by atoms with Crippen molar-refractivity contribution in [3.63, 3.8) is 0 Å². The molecule has 0 heterocycles. The summed E-state index contributed by atoms with van der Waals surface area (Å²) in [5, 5.41) is 0. The van der Waals surface area contributed by atoms with E-state index in [1.54, 1.807) is 7.11 Å². The second-order valence-electron chi connectivity index (χ2n) is 6.28. The van der Waals surface area contributed by atoms with Gasteiger partial charge in [-0.1, -0.05) is 6.07 Å². The summed E-state index contributed by atoms with van der Waals surface area (Å²) in [4.78, 5) is 11.7. The number of hydrogen-bond donors (Lipinski definition) is 2. The van der Waals surface area contributed by atoms with Gasteiger partial charge in [0.25, 0.3) is 0 Å². The van der Waals surface area contributed by atoms with Crippen molar-refractivity contribution in [1.82, 2.24) is 10.9 Å². The fraction of sp³-hybridized carbons (Fsp3) is 0.562. The molecule has 0 bridgehead atoms. The molecule has 1 atom stereocenters. The van der Waals surface area contributed by atoms with Crippen LogP contribution >= 0.6 is 0 Å². The lowest BCUT2D eigenvalue weighted by Gasteiger charge is -2.27. The van der Waals surface area contributed by atoms with Crippen LogP contribution in [0.25, 0.3) is 0 Å². The van der Waals surface area contributed by atoms with Crippen LogP contribution in [0.5, 0.6) is 5.75 Å². The van der Waals surface area contributed by atoms with E-state index in [1.807, 2.05) is 26.8 Å². The lowest BCUT2D eigenvalue weighted by molar-refractivity contribution is 0.0485. The predicted octanol–water partition coefficient (Wildman–Crippen LogP) is 3.10. The summed E-state index contributed by atoms with van der Waals surface area (Å²) in [5.41, 5.74) is 7.69. The van der Waals surface area contributed by atoms with E-state index >= 15 is 0 Å². The van der Waals surface area contributed by atoms with Gasteiger partial charge in [-0.25, -0.2) is 10.2 Å². The zero-order valence-corrected chi connectivity index (χ0v) is 13.2. The molecule has 1 aromatic carbocycles. The maximum Gasteiger partial charge on any atom is 0.422 e. The average molecular weight is 292 g/mol. The Morgan fingerprint density at radius 3 is 2.76 bits per heavy atom. The van der Waals surface area contributed by atoms with Gasteiger partial charge in [0.15, 0.2) is 0 Å². The molecule has 1 unspecified atom stereocenters. The Labute approximate surface area is 126 Å². The average Bonchev–Trinajstić information content (AvgIpc) is 2.42. The monoisotopic (exact) mass is 292 g/mol. The Bertz CT molecular complexity index is 509. The highest BCUT2D eigenvalue weighted by molar-refractivity contribution is 5.67. The number of aryl methyl sites for hydroxylation is 1. The van der Waals surface area contributed by atoms with Crippen LogP contribution in [-0.2, 0) is 11.2 Å². The molecule has 0 aliphatic heterocycles. The van der Waals surface area contributed by atoms with Crippen LogP contribution in [0, 0.1) is 0 Å². The molecular weight excluding hydrogens is 268 g/mol. The number of methoxy groups -OCH3 is 1. The van der Waals surface area contributed by atoms with Crippen molar-refractivity contribution in [3.05, 3.63) is 29.3 Å². The van der Waals surface area contributed by atoms with Gasteiger partial charge in [0.05, 0.1) is 13.2 Å². The Hall–Kier alpha value is -1.75. The first-order valence-corrected chi connectivity index (χ1v) is 7.30. The fourth-order valence-corrected chi connectivity index (χ4v) is 2.52. The van der Waals surface area contributed by atoms with Gasteiger partial charge >= 0.3 is 6.09 Å². The van der Waals surface area contributed by atoms with Crippen LogP contribution < -0.4 is 15.6 Å². The van der Waals surface area contributed by atoms with Crippen LogP contribution in [-0.4, -0.2) is 18.8 Å². The number of ether oxygens (including phenoxy) is 2. The van der Waals surface area contributed by atoms with Crippen molar-refractivity contribution < 1.29 is 14.3 Å². The van der Waals surface area contributed by atoms with E-state index in [0.29, 0.717) is 0 Å². The van der Waals surface area contributed by atoms with Crippen molar-refractivity contribution >= 4 is 6.09 Å². The summed E-state index contributed by atoms with van der Waals surface area (Å²) < 4.78 is 10.5. The summed E-state index contributed by atoms with van der Waals surface area (Å²) in [6.07, 6.45) is 2.64. The van der Waals surface area contributed by atoms with Gasteiger partial charge in [-0.2, -0.15) is 0 Å². The molecule has 0 aromatic heterocycles. The molecule has 1 aliphatic carbocycles. The van der Waals surface area contributed by atoms with Gasteiger partial charge in [-0.05, 0) is 63.3 Å². The molecule has 5 heteroatoms. The Balaban J connectivity index is 1.99. The molecule has 0 fully saturated rings. The molecule has 0 spiro atoms. The van der Waals surface area contributed by atoms with Crippen molar-refractivity contribution in [1.29, 1.82) is 0 Å². The van der Waals surface area contributed by atoms with E-state index in [-0.39, 0.29) is 6.04 Å². The predicted molar refractivity (Wildman–Crippen MR) is 81.2 cm³/mol. The number of carbonyl (C=O) groups is 1. The number of benzene rings is 1. The number of hydrazine groups is 1. The number of carbonyl (C=O) groups excluding carboxylic acids is 1. The van der Waals surface area contributed by atoms with Crippen LogP contribution in [0.4, 0.5) is 4.79 Å².